The molecule has 0 aliphatic carbocycles. The molecule has 0 spiro atoms. The van der Waals surface area contributed by atoms with E-state index in [9.17, 15) is 4.79 Å². The summed E-state index contributed by atoms with van der Waals surface area (Å²) >= 11 is 0. The van der Waals surface area contributed by atoms with Gasteiger partial charge in [0.05, 0.1) is 6.54 Å². The van der Waals surface area contributed by atoms with Crippen LogP contribution < -0.4 is 5.32 Å². The number of benzene rings is 1. The van der Waals surface area contributed by atoms with Crippen LogP contribution in [-0.2, 0) is 4.79 Å². The summed E-state index contributed by atoms with van der Waals surface area (Å²) in [4.78, 5) is 14.4. The van der Waals surface area contributed by atoms with Crippen molar-refractivity contribution in [3.05, 3.63) is 34.9 Å². The summed E-state index contributed by atoms with van der Waals surface area (Å²) in [5.41, 5.74) is 3.99. The van der Waals surface area contributed by atoms with Crippen LogP contribution in [0, 0.1) is 13.8 Å². The van der Waals surface area contributed by atoms with Gasteiger partial charge in [0.1, 0.15) is 0 Å². The van der Waals surface area contributed by atoms with E-state index in [0.717, 1.165) is 32.4 Å². The molecule has 1 saturated heterocycles. The minimum Gasteiger partial charge on any atom is -0.355 e. The highest BCUT2D eigenvalue weighted by Gasteiger charge is 2.27. The van der Waals surface area contributed by atoms with E-state index in [2.05, 4.69) is 49.2 Å². The van der Waals surface area contributed by atoms with E-state index in [1.54, 1.807) is 0 Å². The zero-order valence-electron chi connectivity index (χ0n) is 13.6. The number of likely N-dealkylation sites (tertiary alicyclic amines) is 1. The van der Waals surface area contributed by atoms with Gasteiger partial charge >= 0.3 is 0 Å². The Morgan fingerprint density at radius 1 is 1.29 bits per heavy atom. The van der Waals surface area contributed by atoms with Crippen molar-refractivity contribution in [3.63, 3.8) is 0 Å². The average molecular weight is 288 g/mol. The predicted octanol–water partition coefficient (Wildman–Crippen LogP) is 3.36. The Hall–Kier alpha value is -1.35. The fourth-order valence-electron chi connectivity index (χ4n) is 3.24. The van der Waals surface area contributed by atoms with Gasteiger partial charge in [-0.15, -0.1) is 0 Å². The maximum absolute atomic E-state index is 12.0. The molecule has 1 N–H and O–H groups in total. The number of amides is 1. The molecular formula is C18H28N2O. The van der Waals surface area contributed by atoms with Gasteiger partial charge in [0.15, 0.2) is 0 Å². The second kappa shape index (κ2) is 7.60. The van der Waals surface area contributed by atoms with E-state index in [0.29, 0.717) is 12.6 Å². The molecule has 2 rings (SSSR count). The lowest BCUT2D eigenvalue weighted by Gasteiger charge is -2.25. The van der Waals surface area contributed by atoms with Crippen LogP contribution >= 0.6 is 0 Å². The van der Waals surface area contributed by atoms with Crippen molar-refractivity contribution in [3.8, 4) is 0 Å². The average Bonchev–Trinajstić information content (AvgIpc) is 2.86. The van der Waals surface area contributed by atoms with Crippen LogP contribution in [0.5, 0.6) is 0 Å². The number of nitrogens with zero attached hydrogens (tertiary/aromatic N) is 1. The first-order valence-electron chi connectivity index (χ1n) is 8.19. The fraction of sp³-hybridized carbons (Fsp3) is 0.611. The summed E-state index contributed by atoms with van der Waals surface area (Å²) in [6, 6.07) is 7.15. The van der Waals surface area contributed by atoms with Gasteiger partial charge in [-0.05, 0) is 45.2 Å². The van der Waals surface area contributed by atoms with Gasteiger partial charge in [0, 0.05) is 12.6 Å². The summed E-state index contributed by atoms with van der Waals surface area (Å²) in [7, 11) is 0. The van der Waals surface area contributed by atoms with Crippen molar-refractivity contribution < 1.29 is 4.79 Å². The minimum atomic E-state index is 0.166. The number of nitrogens with one attached hydrogen (secondary N) is 1. The van der Waals surface area contributed by atoms with E-state index < -0.39 is 0 Å². The molecule has 116 valence electrons. The van der Waals surface area contributed by atoms with Crippen LogP contribution in [0.25, 0.3) is 0 Å². The molecule has 21 heavy (non-hydrogen) atoms. The summed E-state index contributed by atoms with van der Waals surface area (Å²) in [5.74, 6) is 0.166. The Morgan fingerprint density at radius 2 is 2.00 bits per heavy atom. The van der Waals surface area contributed by atoms with Gasteiger partial charge in [-0.2, -0.15) is 0 Å². The molecule has 3 nitrogen and oxygen atoms in total. The predicted molar refractivity (Wildman–Crippen MR) is 87.4 cm³/mol. The van der Waals surface area contributed by atoms with Gasteiger partial charge in [0.25, 0.3) is 0 Å². The monoisotopic (exact) mass is 288 g/mol. The number of rotatable bonds is 6. The van der Waals surface area contributed by atoms with Crippen LogP contribution in [0.2, 0.25) is 0 Å². The quantitative estimate of drug-likeness (QED) is 0.814. The lowest BCUT2D eigenvalue weighted by molar-refractivity contribution is -0.122. The topological polar surface area (TPSA) is 32.3 Å². The first-order chi connectivity index (χ1) is 10.1. The largest absolute Gasteiger partial charge is 0.355 e. The van der Waals surface area contributed by atoms with Crippen molar-refractivity contribution >= 4 is 5.91 Å². The van der Waals surface area contributed by atoms with Crippen LogP contribution in [0.3, 0.4) is 0 Å². The van der Waals surface area contributed by atoms with Crippen molar-refractivity contribution in [1.29, 1.82) is 0 Å². The summed E-state index contributed by atoms with van der Waals surface area (Å²) in [5, 5.41) is 3.02. The number of hydrogen-bond acceptors (Lipinski definition) is 2. The van der Waals surface area contributed by atoms with Crippen molar-refractivity contribution in [2.45, 2.75) is 52.5 Å². The number of carbonyl (C=O) groups excluding carboxylic acids is 1. The maximum Gasteiger partial charge on any atom is 0.234 e. The van der Waals surface area contributed by atoms with E-state index in [4.69, 9.17) is 0 Å². The standard InChI is InChI=1S/C18H28N2O/c1-4-5-8-19-18(21)13-20-9-6-7-17(20)16-11-14(2)10-15(3)12-16/h10-12,17H,4-9,13H2,1-3H3,(H,19,21). The number of unbranched alkanes of at least 4 members (excludes halogenated alkanes) is 1. The molecule has 1 atom stereocenters. The SMILES string of the molecule is CCCCNC(=O)CN1CCCC1c1cc(C)cc(C)c1. The van der Waals surface area contributed by atoms with Crippen LogP contribution in [0.4, 0.5) is 0 Å². The highest BCUT2D eigenvalue weighted by atomic mass is 16.2. The molecule has 3 heteroatoms. The smallest absolute Gasteiger partial charge is 0.234 e. The molecule has 0 saturated carbocycles. The first kappa shape index (κ1) is 16.0. The van der Waals surface area contributed by atoms with Gasteiger partial charge < -0.3 is 5.32 Å². The zero-order valence-corrected chi connectivity index (χ0v) is 13.6. The Labute approximate surface area is 128 Å². The third-order valence-electron chi connectivity index (χ3n) is 4.19. The maximum atomic E-state index is 12.0. The summed E-state index contributed by atoms with van der Waals surface area (Å²) in [6.07, 6.45) is 4.52. The third kappa shape index (κ3) is 4.57. The van der Waals surface area contributed by atoms with Gasteiger partial charge in [0.2, 0.25) is 5.91 Å². The molecule has 1 amide bonds. The van der Waals surface area contributed by atoms with Crippen molar-refractivity contribution in [1.82, 2.24) is 10.2 Å². The van der Waals surface area contributed by atoms with E-state index in [-0.39, 0.29) is 5.91 Å². The van der Waals surface area contributed by atoms with E-state index >= 15 is 0 Å². The molecule has 0 radical (unpaired) electrons. The minimum absolute atomic E-state index is 0.166. The molecule has 1 unspecified atom stereocenters. The lowest BCUT2D eigenvalue weighted by Crippen LogP contribution is -2.37. The molecule has 1 aliphatic heterocycles. The van der Waals surface area contributed by atoms with Crippen molar-refractivity contribution in [2.24, 2.45) is 0 Å². The molecule has 1 aliphatic rings. The molecule has 1 fully saturated rings. The Kier molecular flexibility index (Phi) is 5.80. The van der Waals surface area contributed by atoms with Crippen LogP contribution in [0.15, 0.2) is 18.2 Å². The molecular weight excluding hydrogens is 260 g/mol. The third-order valence-corrected chi connectivity index (χ3v) is 4.19. The van der Waals surface area contributed by atoms with Gasteiger partial charge in [-0.3, -0.25) is 9.69 Å². The second-order valence-electron chi connectivity index (χ2n) is 6.25. The zero-order chi connectivity index (χ0) is 15.2. The number of carbonyl (C=O) groups is 1. The van der Waals surface area contributed by atoms with Gasteiger partial charge in [-0.1, -0.05) is 42.7 Å². The normalized spacial score (nSPS) is 18.9. The molecule has 0 aromatic heterocycles. The Balaban J connectivity index is 1.98. The molecule has 1 aromatic rings. The van der Waals surface area contributed by atoms with E-state index in [1.165, 1.54) is 23.1 Å². The summed E-state index contributed by atoms with van der Waals surface area (Å²) in [6.45, 7) is 8.79. The Morgan fingerprint density at radius 3 is 2.67 bits per heavy atom. The first-order valence-corrected chi connectivity index (χ1v) is 8.19. The molecule has 1 aromatic carbocycles. The van der Waals surface area contributed by atoms with Gasteiger partial charge in [-0.25, -0.2) is 0 Å². The van der Waals surface area contributed by atoms with Crippen LogP contribution in [-0.4, -0.2) is 30.4 Å². The van der Waals surface area contributed by atoms with E-state index in [1.807, 2.05) is 0 Å². The number of hydrogen-bond donors (Lipinski definition) is 1. The number of aryl methyl sites for hydroxylation is 2. The highest BCUT2D eigenvalue weighted by Crippen LogP contribution is 2.32. The van der Waals surface area contributed by atoms with Crippen molar-refractivity contribution in [2.75, 3.05) is 19.6 Å². The highest BCUT2D eigenvalue weighted by molar-refractivity contribution is 5.78. The van der Waals surface area contributed by atoms with Crippen LogP contribution in [0.1, 0.15) is 55.3 Å². The fourth-order valence-corrected chi connectivity index (χ4v) is 3.24. The Bertz CT molecular complexity index is 464. The molecule has 1 heterocycles. The molecule has 0 bridgehead atoms. The summed E-state index contributed by atoms with van der Waals surface area (Å²) < 4.78 is 0. The lowest BCUT2D eigenvalue weighted by atomic mass is 9.99. The second-order valence-corrected chi connectivity index (χ2v) is 6.25.